The van der Waals surface area contributed by atoms with Gasteiger partial charge in [-0.15, -0.1) is 0 Å². The lowest BCUT2D eigenvalue weighted by atomic mass is 9.80. The predicted octanol–water partition coefficient (Wildman–Crippen LogP) is -0.307. The molecule has 0 aliphatic heterocycles. The number of nitrogen functional groups attached to an aromatic ring is 1. The van der Waals surface area contributed by atoms with Crippen LogP contribution in [0.5, 0.6) is 0 Å². The molecule has 1 fully saturated rings. The molecule has 1 aliphatic rings. The van der Waals surface area contributed by atoms with Crippen LogP contribution in [-0.4, -0.2) is 59.2 Å². The number of nitrogens with zero attached hydrogens (tertiary/aromatic N) is 1. The Morgan fingerprint density at radius 2 is 1.67 bits per heavy atom. The molecule has 0 heterocycles. The van der Waals surface area contributed by atoms with E-state index in [0.29, 0.717) is 30.4 Å². The zero-order valence-electron chi connectivity index (χ0n) is 22.2. The van der Waals surface area contributed by atoms with Crippen LogP contribution < -0.4 is 33.6 Å². The summed E-state index contributed by atoms with van der Waals surface area (Å²) in [7, 11) is 0. The van der Waals surface area contributed by atoms with E-state index in [-0.39, 0.29) is 37.1 Å². The molecule has 12 N–H and O–H groups in total. The molecule has 13 heteroatoms. The molecule has 39 heavy (non-hydrogen) atoms. The molecule has 2 rings (SSSR count). The Kier molecular flexibility index (Phi) is 11.2. The van der Waals surface area contributed by atoms with Gasteiger partial charge in [-0.2, -0.15) is 0 Å². The SMILES string of the molecule is C[C@](Cc1ccc(C(=N)N)cc1)(C(=O)O)C(=O)N[C@H](C(=O)N[C@@H](CCCN=C(N)N)C(N)=O)C1CCCCC1. The second-order valence-corrected chi connectivity index (χ2v) is 10.2. The van der Waals surface area contributed by atoms with Crippen LogP contribution in [0.2, 0.25) is 0 Å². The first-order valence-electron chi connectivity index (χ1n) is 13.0. The number of amides is 3. The fourth-order valence-corrected chi connectivity index (χ4v) is 4.68. The van der Waals surface area contributed by atoms with Gasteiger partial charge >= 0.3 is 5.97 Å². The molecule has 1 aromatic rings. The van der Waals surface area contributed by atoms with Crippen molar-refractivity contribution in [2.45, 2.75) is 70.4 Å². The van der Waals surface area contributed by atoms with Crippen molar-refractivity contribution < 1.29 is 24.3 Å². The topological polar surface area (TPSA) is 253 Å². The van der Waals surface area contributed by atoms with E-state index in [0.717, 1.165) is 19.3 Å². The van der Waals surface area contributed by atoms with Gasteiger partial charge < -0.3 is 38.7 Å². The summed E-state index contributed by atoms with van der Waals surface area (Å²) in [4.78, 5) is 55.1. The van der Waals surface area contributed by atoms with Crippen molar-refractivity contribution in [2.75, 3.05) is 6.54 Å². The number of aliphatic imine (C=N–C) groups is 1. The summed E-state index contributed by atoms with van der Waals surface area (Å²) in [6.07, 6.45) is 4.47. The third-order valence-electron chi connectivity index (χ3n) is 7.09. The van der Waals surface area contributed by atoms with Crippen LogP contribution >= 0.6 is 0 Å². The van der Waals surface area contributed by atoms with Crippen LogP contribution in [0, 0.1) is 16.7 Å². The number of carboxylic acids is 1. The Labute approximate surface area is 227 Å². The van der Waals surface area contributed by atoms with E-state index in [9.17, 15) is 24.3 Å². The molecule has 0 saturated heterocycles. The highest BCUT2D eigenvalue weighted by Crippen LogP contribution is 2.29. The van der Waals surface area contributed by atoms with E-state index in [1.807, 2.05) is 0 Å². The molecular weight excluding hydrogens is 504 g/mol. The van der Waals surface area contributed by atoms with E-state index in [1.54, 1.807) is 24.3 Å². The van der Waals surface area contributed by atoms with E-state index >= 15 is 0 Å². The largest absolute Gasteiger partial charge is 0.480 e. The lowest BCUT2D eigenvalue weighted by molar-refractivity contribution is -0.155. The number of amidine groups is 1. The summed E-state index contributed by atoms with van der Waals surface area (Å²) in [6.45, 7) is 1.55. The number of hydrogen-bond acceptors (Lipinski definition) is 6. The average Bonchev–Trinajstić information content (AvgIpc) is 2.89. The molecule has 0 bridgehead atoms. The zero-order chi connectivity index (χ0) is 29.2. The summed E-state index contributed by atoms with van der Waals surface area (Å²) in [5.74, 6) is -3.97. The number of carbonyl (C=O) groups excluding carboxylic acids is 3. The average molecular weight is 545 g/mol. The van der Waals surface area contributed by atoms with E-state index < -0.39 is 41.2 Å². The van der Waals surface area contributed by atoms with Crippen molar-refractivity contribution in [1.29, 1.82) is 5.41 Å². The van der Waals surface area contributed by atoms with Crippen molar-refractivity contribution in [3.05, 3.63) is 35.4 Å². The van der Waals surface area contributed by atoms with Crippen molar-refractivity contribution in [3.8, 4) is 0 Å². The van der Waals surface area contributed by atoms with Crippen LogP contribution in [0.15, 0.2) is 29.3 Å². The molecule has 0 radical (unpaired) electrons. The van der Waals surface area contributed by atoms with Gasteiger partial charge in [0.2, 0.25) is 17.7 Å². The second-order valence-electron chi connectivity index (χ2n) is 10.2. The van der Waals surface area contributed by atoms with Crippen LogP contribution in [0.4, 0.5) is 0 Å². The number of aliphatic carboxylic acids is 1. The third-order valence-corrected chi connectivity index (χ3v) is 7.09. The fourth-order valence-electron chi connectivity index (χ4n) is 4.68. The van der Waals surface area contributed by atoms with Gasteiger partial charge in [0.1, 0.15) is 23.3 Å². The summed E-state index contributed by atoms with van der Waals surface area (Å²) in [6, 6.07) is 4.31. The molecule has 1 aliphatic carbocycles. The van der Waals surface area contributed by atoms with Gasteiger partial charge in [-0.3, -0.25) is 29.6 Å². The minimum absolute atomic E-state index is 0.0917. The molecule has 1 saturated carbocycles. The molecule has 3 amide bonds. The standard InChI is InChI=1S/C26H40N8O5/c1-26(24(38)39,14-15-9-11-17(12-10-15)20(27)28)23(37)34-19(16-6-3-2-4-7-16)22(36)33-18(21(29)35)8-5-13-32-25(30)31/h9-12,16,18-19H,2-8,13-14H2,1H3,(H3,27,28)(H2,29,35)(H,33,36)(H,34,37)(H,38,39)(H4,30,31,32)/t18-,19-,26+/m0/s1. The minimum Gasteiger partial charge on any atom is -0.480 e. The maximum absolute atomic E-state index is 13.5. The monoisotopic (exact) mass is 544 g/mol. The lowest BCUT2D eigenvalue weighted by Gasteiger charge is -2.33. The van der Waals surface area contributed by atoms with Gasteiger partial charge in [0.15, 0.2) is 5.96 Å². The van der Waals surface area contributed by atoms with Crippen molar-refractivity contribution in [3.63, 3.8) is 0 Å². The molecule has 0 unspecified atom stereocenters. The number of carboxylic acid groups (broad SMARTS) is 1. The normalized spacial score (nSPS) is 16.6. The van der Waals surface area contributed by atoms with Gasteiger partial charge in [0, 0.05) is 12.1 Å². The number of guanidine groups is 1. The van der Waals surface area contributed by atoms with Gasteiger partial charge in [0.25, 0.3) is 0 Å². The summed E-state index contributed by atoms with van der Waals surface area (Å²) in [5.41, 5.74) is 20.7. The number of benzene rings is 1. The Hall–Kier alpha value is -4.16. The van der Waals surface area contributed by atoms with Crippen molar-refractivity contribution >= 4 is 35.5 Å². The highest BCUT2D eigenvalue weighted by atomic mass is 16.4. The quantitative estimate of drug-likeness (QED) is 0.0665. The molecule has 0 spiro atoms. The smallest absolute Gasteiger partial charge is 0.319 e. The zero-order valence-corrected chi connectivity index (χ0v) is 22.2. The predicted molar refractivity (Wildman–Crippen MR) is 146 cm³/mol. The number of carbonyl (C=O) groups is 4. The number of nitrogens with one attached hydrogen (secondary N) is 3. The van der Waals surface area contributed by atoms with Crippen LogP contribution in [0.1, 0.15) is 63.0 Å². The Balaban J connectivity index is 2.24. The Bertz CT molecular complexity index is 1080. The summed E-state index contributed by atoms with van der Waals surface area (Å²) >= 11 is 0. The molecule has 13 nitrogen and oxygen atoms in total. The van der Waals surface area contributed by atoms with Gasteiger partial charge in [-0.05, 0) is 50.5 Å². The maximum atomic E-state index is 13.5. The minimum atomic E-state index is -1.89. The number of rotatable bonds is 14. The molecule has 3 atom stereocenters. The first-order chi connectivity index (χ1) is 18.3. The number of hydrogen-bond donors (Lipinski definition) is 8. The first-order valence-corrected chi connectivity index (χ1v) is 13.0. The maximum Gasteiger partial charge on any atom is 0.319 e. The summed E-state index contributed by atoms with van der Waals surface area (Å²) in [5, 5.41) is 22.9. The highest BCUT2D eigenvalue weighted by Gasteiger charge is 2.44. The van der Waals surface area contributed by atoms with E-state index in [4.69, 9.17) is 28.3 Å². The van der Waals surface area contributed by atoms with Crippen molar-refractivity contribution in [1.82, 2.24) is 10.6 Å². The van der Waals surface area contributed by atoms with E-state index in [2.05, 4.69) is 15.6 Å². The van der Waals surface area contributed by atoms with Gasteiger partial charge in [-0.1, -0.05) is 43.5 Å². The second kappa shape index (κ2) is 14.1. The third kappa shape index (κ3) is 8.97. The molecular formula is C26H40N8O5. The molecule has 214 valence electrons. The van der Waals surface area contributed by atoms with Gasteiger partial charge in [0.05, 0.1) is 0 Å². The lowest BCUT2D eigenvalue weighted by Crippen LogP contribution is -2.59. The van der Waals surface area contributed by atoms with Crippen molar-refractivity contribution in [2.24, 2.45) is 39.3 Å². The molecule has 0 aromatic heterocycles. The molecule has 1 aromatic carbocycles. The van der Waals surface area contributed by atoms with Gasteiger partial charge in [-0.25, -0.2) is 0 Å². The first kappa shape index (κ1) is 31.1. The Morgan fingerprint density at radius 3 is 2.18 bits per heavy atom. The fraction of sp³-hybridized carbons (Fsp3) is 0.538. The van der Waals surface area contributed by atoms with E-state index in [1.165, 1.54) is 6.92 Å². The number of nitrogens with two attached hydrogens (primary N) is 4. The van der Waals surface area contributed by atoms with Crippen LogP contribution in [-0.2, 0) is 25.6 Å². The van der Waals surface area contributed by atoms with Crippen LogP contribution in [0.3, 0.4) is 0 Å². The Morgan fingerprint density at radius 1 is 1.05 bits per heavy atom. The summed E-state index contributed by atoms with van der Waals surface area (Å²) < 4.78 is 0. The number of primary amides is 1. The highest BCUT2D eigenvalue weighted by molar-refractivity contribution is 6.03. The van der Waals surface area contributed by atoms with Crippen LogP contribution in [0.25, 0.3) is 0 Å².